The molecule has 1 radical (unpaired) electrons. The van der Waals surface area contributed by atoms with Crippen molar-refractivity contribution < 1.29 is 0 Å². The van der Waals surface area contributed by atoms with Crippen molar-refractivity contribution in [2.45, 2.75) is 19.8 Å². The van der Waals surface area contributed by atoms with Crippen molar-refractivity contribution >= 4 is 10.9 Å². The van der Waals surface area contributed by atoms with Crippen molar-refractivity contribution in [3.8, 4) is 0 Å². The molecule has 1 heterocycles. The van der Waals surface area contributed by atoms with Crippen LogP contribution in [0, 0.1) is 6.07 Å². The molecule has 2 aromatic rings. The third kappa shape index (κ3) is 1.69. The van der Waals surface area contributed by atoms with Gasteiger partial charge in [-0.15, -0.1) is 0 Å². The van der Waals surface area contributed by atoms with E-state index in [2.05, 4.69) is 36.2 Å². The first kappa shape index (κ1) is 8.24. The molecule has 0 aliphatic heterocycles. The van der Waals surface area contributed by atoms with Crippen molar-refractivity contribution in [1.82, 2.24) is 4.98 Å². The number of benzene rings is 1. The van der Waals surface area contributed by atoms with Crippen LogP contribution >= 0.6 is 0 Å². The molecular weight excluding hydrogens is 158 g/mol. The van der Waals surface area contributed by atoms with Gasteiger partial charge in [0.25, 0.3) is 0 Å². The molecule has 0 unspecified atom stereocenters. The lowest BCUT2D eigenvalue weighted by Gasteiger charge is -1.99. The molecule has 0 aliphatic carbocycles. The van der Waals surface area contributed by atoms with E-state index in [0.29, 0.717) is 0 Å². The van der Waals surface area contributed by atoms with Gasteiger partial charge in [0.05, 0.1) is 5.52 Å². The third-order valence-electron chi connectivity index (χ3n) is 2.10. The molecule has 0 N–H and O–H groups in total. The smallest absolute Gasteiger partial charge is 0.0783 e. The maximum absolute atomic E-state index is 4.27. The van der Waals surface area contributed by atoms with Gasteiger partial charge in [-0.25, -0.2) is 0 Å². The van der Waals surface area contributed by atoms with E-state index in [4.69, 9.17) is 0 Å². The summed E-state index contributed by atoms with van der Waals surface area (Å²) in [6.07, 6.45) is 4.07. The van der Waals surface area contributed by atoms with E-state index in [1.54, 1.807) is 0 Å². The van der Waals surface area contributed by atoms with Crippen LogP contribution in [0.5, 0.6) is 0 Å². The average Bonchev–Trinajstić information content (AvgIpc) is 2.18. The first-order chi connectivity index (χ1) is 6.40. The topological polar surface area (TPSA) is 12.9 Å². The van der Waals surface area contributed by atoms with Gasteiger partial charge in [0.15, 0.2) is 0 Å². The second-order valence-electron chi connectivity index (χ2n) is 3.17. The molecule has 65 valence electrons. The van der Waals surface area contributed by atoms with Crippen molar-refractivity contribution in [2.24, 2.45) is 0 Å². The van der Waals surface area contributed by atoms with Gasteiger partial charge < -0.3 is 0 Å². The summed E-state index contributed by atoms with van der Waals surface area (Å²) >= 11 is 0. The van der Waals surface area contributed by atoms with Gasteiger partial charge in [-0.1, -0.05) is 31.5 Å². The van der Waals surface area contributed by atoms with E-state index in [9.17, 15) is 0 Å². The zero-order chi connectivity index (χ0) is 9.10. The number of nitrogens with zero attached hydrogens (tertiary/aromatic N) is 1. The maximum Gasteiger partial charge on any atom is 0.0783 e. The number of rotatable bonds is 2. The monoisotopic (exact) mass is 170 g/mol. The van der Waals surface area contributed by atoms with Gasteiger partial charge in [-0.2, -0.15) is 0 Å². The molecule has 1 heteroatoms. The minimum Gasteiger partial charge on any atom is -0.256 e. The van der Waals surface area contributed by atoms with Crippen LogP contribution in [0.15, 0.2) is 30.5 Å². The Morgan fingerprint density at radius 3 is 3.08 bits per heavy atom. The molecule has 0 spiro atoms. The van der Waals surface area contributed by atoms with Gasteiger partial charge in [-0.3, -0.25) is 4.98 Å². The van der Waals surface area contributed by atoms with Gasteiger partial charge in [0.2, 0.25) is 0 Å². The Labute approximate surface area is 78.4 Å². The summed E-state index contributed by atoms with van der Waals surface area (Å²) in [5.41, 5.74) is 2.24. The molecule has 0 fully saturated rings. The Kier molecular flexibility index (Phi) is 2.26. The second kappa shape index (κ2) is 3.56. The molecule has 0 aliphatic rings. The van der Waals surface area contributed by atoms with Crippen LogP contribution in [0.4, 0.5) is 0 Å². The van der Waals surface area contributed by atoms with Gasteiger partial charge in [-0.05, 0) is 18.1 Å². The number of hydrogen-bond donors (Lipinski definition) is 0. The molecule has 1 nitrogen and oxygen atoms in total. The molecule has 0 saturated heterocycles. The highest BCUT2D eigenvalue weighted by atomic mass is 14.6. The first-order valence-corrected chi connectivity index (χ1v) is 4.66. The van der Waals surface area contributed by atoms with E-state index >= 15 is 0 Å². The number of pyridine rings is 1. The summed E-state index contributed by atoms with van der Waals surface area (Å²) in [6.45, 7) is 2.18. The summed E-state index contributed by atoms with van der Waals surface area (Å²) in [6, 6.07) is 11.6. The molecule has 2 rings (SSSR count). The predicted octanol–water partition coefficient (Wildman–Crippen LogP) is 2.99. The van der Waals surface area contributed by atoms with Crippen LogP contribution in [0.2, 0.25) is 0 Å². The van der Waals surface area contributed by atoms with Crippen molar-refractivity contribution in [1.29, 1.82) is 0 Å². The highest BCUT2D eigenvalue weighted by Gasteiger charge is 1.95. The molecule has 0 saturated carbocycles. The average molecular weight is 170 g/mol. The van der Waals surface area contributed by atoms with Crippen LogP contribution < -0.4 is 0 Å². The highest BCUT2D eigenvalue weighted by molar-refractivity contribution is 5.78. The lowest BCUT2D eigenvalue weighted by molar-refractivity contribution is 0.921. The standard InChI is InChI=1S/C12H12N/c1-2-4-10-6-7-11-5-3-8-13-12(11)9-10/h3,5-8H,2,4H2,1H3. The minimum absolute atomic E-state index is 0.980. The van der Waals surface area contributed by atoms with E-state index in [1.807, 2.05) is 12.3 Å². The minimum atomic E-state index is 0.980. The van der Waals surface area contributed by atoms with E-state index < -0.39 is 0 Å². The van der Waals surface area contributed by atoms with Crippen molar-refractivity contribution in [3.63, 3.8) is 0 Å². The van der Waals surface area contributed by atoms with E-state index in [-0.39, 0.29) is 0 Å². The summed E-state index contributed by atoms with van der Waals surface area (Å²) in [5, 5.41) is 1.17. The molecule has 1 aromatic heterocycles. The van der Waals surface area contributed by atoms with Crippen LogP contribution in [0.3, 0.4) is 0 Å². The summed E-state index contributed by atoms with van der Waals surface area (Å²) in [5.74, 6) is 0. The van der Waals surface area contributed by atoms with Gasteiger partial charge in [0.1, 0.15) is 0 Å². The Hall–Kier alpha value is -1.37. The van der Waals surface area contributed by atoms with Crippen LogP contribution in [-0.2, 0) is 6.42 Å². The Morgan fingerprint density at radius 2 is 2.23 bits per heavy atom. The largest absolute Gasteiger partial charge is 0.256 e. The summed E-state index contributed by atoms with van der Waals surface area (Å²) in [7, 11) is 0. The Bertz CT molecular complexity index is 407. The zero-order valence-electron chi connectivity index (χ0n) is 7.75. The van der Waals surface area contributed by atoms with Crippen molar-refractivity contribution in [2.75, 3.05) is 0 Å². The fourth-order valence-electron chi connectivity index (χ4n) is 1.46. The molecule has 0 amide bonds. The molecular formula is C12H12N. The van der Waals surface area contributed by atoms with Crippen molar-refractivity contribution in [3.05, 3.63) is 42.1 Å². The number of aryl methyl sites for hydroxylation is 1. The first-order valence-electron chi connectivity index (χ1n) is 4.66. The van der Waals surface area contributed by atoms with Gasteiger partial charge in [0, 0.05) is 17.6 Å². The zero-order valence-corrected chi connectivity index (χ0v) is 7.75. The lowest BCUT2D eigenvalue weighted by Crippen LogP contribution is -1.85. The molecule has 0 bridgehead atoms. The van der Waals surface area contributed by atoms with Crippen LogP contribution in [0.25, 0.3) is 10.9 Å². The lowest BCUT2D eigenvalue weighted by atomic mass is 10.1. The van der Waals surface area contributed by atoms with Gasteiger partial charge >= 0.3 is 0 Å². The SMILES string of the molecule is CCCc1[c]c2ncccc2cc1. The summed E-state index contributed by atoms with van der Waals surface area (Å²) in [4.78, 5) is 4.27. The predicted molar refractivity (Wildman–Crippen MR) is 54.6 cm³/mol. The third-order valence-corrected chi connectivity index (χ3v) is 2.10. The van der Waals surface area contributed by atoms with E-state index in [1.165, 1.54) is 10.9 Å². The second-order valence-corrected chi connectivity index (χ2v) is 3.17. The summed E-state index contributed by atoms with van der Waals surface area (Å²) < 4.78 is 0. The number of fused-ring (bicyclic) bond motifs is 1. The molecule has 13 heavy (non-hydrogen) atoms. The Morgan fingerprint density at radius 1 is 1.31 bits per heavy atom. The Balaban J connectivity index is 2.49. The fraction of sp³-hybridized carbons (Fsp3) is 0.250. The van der Waals surface area contributed by atoms with E-state index in [0.717, 1.165) is 18.4 Å². The molecule has 1 aromatic carbocycles. The quantitative estimate of drug-likeness (QED) is 0.675. The highest BCUT2D eigenvalue weighted by Crippen LogP contribution is 2.13. The normalized spacial score (nSPS) is 10.5. The van der Waals surface area contributed by atoms with Crippen LogP contribution in [0.1, 0.15) is 18.9 Å². The fourth-order valence-corrected chi connectivity index (χ4v) is 1.46. The van der Waals surface area contributed by atoms with Crippen LogP contribution in [-0.4, -0.2) is 4.98 Å². The number of aromatic nitrogens is 1. The molecule has 0 atom stereocenters. The maximum atomic E-state index is 4.27. The number of hydrogen-bond acceptors (Lipinski definition) is 1.